The number of rotatable bonds is 15. The highest BCUT2D eigenvalue weighted by molar-refractivity contribution is 7.90. The molecule has 3 aromatic carbocycles. The molecule has 3 aliphatic heterocycles. The van der Waals surface area contributed by atoms with Crippen LogP contribution in [0.3, 0.4) is 0 Å². The predicted octanol–water partition coefficient (Wildman–Crippen LogP) is 9.62. The molecule has 2 saturated heterocycles. The molecule has 0 unspecified atom stereocenters. The Balaban J connectivity index is 0.894. The Morgan fingerprint density at radius 1 is 1.00 bits per heavy atom. The van der Waals surface area contributed by atoms with Gasteiger partial charge in [-0.25, -0.2) is 13.1 Å². The summed E-state index contributed by atoms with van der Waals surface area (Å²) in [7, 11) is -3.15. The average Bonchev–Trinajstić information content (AvgIpc) is 4.04. The quantitative estimate of drug-likeness (QED) is 0.0569. The predicted molar refractivity (Wildman–Crippen MR) is 274 cm³/mol. The fourth-order valence-corrected chi connectivity index (χ4v) is 12.9. The van der Waals surface area contributed by atoms with Gasteiger partial charge in [0.05, 0.1) is 33.1 Å². The lowest BCUT2D eigenvalue weighted by atomic mass is 9.59. The first-order chi connectivity index (χ1) is 34.5. The molecule has 1 amide bonds. The molecule has 1 spiro atoms. The van der Waals surface area contributed by atoms with Crippen molar-refractivity contribution in [2.75, 3.05) is 50.2 Å². The van der Waals surface area contributed by atoms with E-state index < -0.39 is 37.0 Å². The molecular formula is C54H67N7O10S. The standard InChI is InChI=1S/C54H67N7O10S/c1-33(2)40-9-6-7-10-41(40)44-11-8-22-60(44)38-29-54(30-38)19-23-59(24-20-54)37-12-13-42(46(26-37)71-48-25-36-16-21-55-50(36)57-52(48)70-31-34(3)68-5)51(62)58-72(66,67)39-27-45(61(64)65)49-47(28-39)69-32-43(56-49)35-14-17-53(4,63)18-15-35/h6-7,9-10,12-13,16,21,25-28,33-35,38,43-44,56,63H,8,11,14-15,17-20,22-24,29-32H2,1-5H3,(H,55,57)(H,58,62)/t34-,35-,43+,44+,53-/m0/s1. The van der Waals surface area contributed by atoms with E-state index in [1.807, 2.05) is 13.0 Å². The van der Waals surface area contributed by atoms with E-state index >= 15 is 0 Å². The highest BCUT2D eigenvalue weighted by Gasteiger charge is 2.50. The lowest BCUT2D eigenvalue weighted by molar-refractivity contribution is -0.384. The number of H-pyrrole nitrogens is 1. The largest absolute Gasteiger partial charge is 0.489 e. The van der Waals surface area contributed by atoms with Crippen molar-refractivity contribution in [3.8, 4) is 23.1 Å². The molecule has 0 radical (unpaired) electrons. The smallest absolute Gasteiger partial charge is 0.297 e. The van der Waals surface area contributed by atoms with Crippen LogP contribution in [0.5, 0.6) is 23.1 Å². The van der Waals surface area contributed by atoms with Crippen molar-refractivity contribution in [1.29, 1.82) is 0 Å². The number of sulfonamides is 1. The Labute approximate surface area is 421 Å². The number of carbonyl (C=O) groups is 1. The van der Waals surface area contributed by atoms with Crippen molar-refractivity contribution < 1.29 is 42.2 Å². The summed E-state index contributed by atoms with van der Waals surface area (Å²) in [5, 5.41) is 27.0. The van der Waals surface area contributed by atoms with Gasteiger partial charge in [0.25, 0.3) is 27.5 Å². The van der Waals surface area contributed by atoms with Crippen molar-refractivity contribution in [3.05, 3.63) is 99.7 Å². The second kappa shape index (κ2) is 19.8. The van der Waals surface area contributed by atoms with E-state index in [1.54, 1.807) is 44.5 Å². The fraction of sp³-hybridized carbons (Fsp3) is 0.519. The molecule has 4 N–H and O–H groups in total. The normalized spacial score (nSPS) is 23.8. The number of nitrogens with zero attached hydrogens (tertiary/aromatic N) is 4. The second-order valence-electron chi connectivity index (χ2n) is 21.5. The SMILES string of the molecule is CO[C@@H](C)COc1nc2[nH]ccc2cc1Oc1cc(N2CCC3(CC2)CC(N2CCC[C@@H]2c2ccccc2C(C)C)C3)ccc1C(=O)NS(=O)(=O)c1cc2c(c([N+](=O)[O-])c1)N[C@@H]([C@H]1CC[C@](C)(O)CC1)CO2. The molecule has 18 heteroatoms. The Kier molecular flexibility index (Phi) is 13.7. The number of hydrogen-bond acceptors (Lipinski definition) is 14. The number of fused-ring (bicyclic) bond motifs is 2. The summed E-state index contributed by atoms with van der Waals surface area (Å²) < 4.78 is 54.6. The lowest BCUT2D eigenvalue weighted by Gasteiger charge is -2.56. The molecule has 5 aromatic rings. The topological polar surface area (TPSA) is 211 Å². The molecule has 72 heavy (non-hydrogen) atoms. The number of nitrogens with one attached hydrogen (secondary N) is 3. The third-order valence-corrected chi connectivity index (χ3v) is 17.5. The van der Waals surface area contributed by atoms with Crippen LogP contribution in [-0.4, -0.2) is 103 Å². The van der Waals surface area contributed by atoms with Crippen LogP contribution < -0.4 is 29.1 Å². The summed E-state index contributed by atoms with van der Waals surface area (Å²) in [6, 6.07) is 20.5. The monoisotopic (exact) mass is 1010 g/mol. The highest BCUT2D eigenvalue weighted by atomic mass is 32.2. The van der Waals surface area contributed by atoms with E-state index in [1.165, 1.54) is 42.9 Å². The maximum absolute atomic E-state index is 14.4. The van der Waals surface area contributed by atoms with Crippen molar-refractivity contribution in [3.63, 3.8) is 0 Å². The number of carbonyl (C=O) groups excluding carboxylic acids is 1. The molecular weight excluding hydrogens is 939 g/mol. The van der Waals surface area contributed by atoms with Gasteiger partial charge >= 0.3 is 0 Å². The van der Waals surface area contributed by atoms with Gasteiger partial charge in [-0.3, -0.25) is 19.8 Å². The summed E-state index contributed by atoms with van der Waals surface area (Å²) in [6.45, 7) is 11.2. The van der Waals surface area contributed by atoms with Gasteiger partial charge in [0.15, 0.2) is 17.2 Å². The zero-order valence-electron chi connectivity index (χ0n) is 41.8. The number of aromatic nitrogens is 2. The maximum Gasteiger partial charge on any atom is 0.297 e. The van der Waals surface area contributed by atoms with Crippen LogP contribution in [-0.2, 0) is 14.8 Å². The van der Waals surface area contributed by atoms with Gasteiger partial charge in [0, 0.05) is 67.8 Å². The average molecular weight is 1010 g/mol. The first-order valence-electron chi connectivity index (χ1n) is 25.6. The van der Waals surface area contributed by atoms with Crippen LogP contribution in [0.4, 0.5) is 17.1 Å². The highest BCUT2D eigenvalue weighted by Crippen LogP contribution is 2.54. The summed E-state index contributed by atoms with van der Waals surface area (Å²) in [5.41, 5.74) is 3.26. The van der Waals surface area contributed by atoms with E-state index in [0.29, 0.717) is 49.3 Å². The molecule has 4 fully saturated rings. The van der Waals surface area contributed by atoms with Crippen molar-refractivity contribution in [1.82, 2.24) is 19.6 Å². The summed E-state index contributed by atoms with van der Waals surface area (Å²) >= 11 is 0. The molecule has 10 rings (SSSR count). The van der Waals surface area contributed by atoms with Gasteiger partial charge < -0.3 is 39.3 Å². The minimum absolute atomic E-state index is 0.0131. The summed E-state index contributed by atoms with van der Waals surface area (Å²) in [4.78, 5) is 38.5. The molecule has 3 atom stereocenters. The summed E-state index contributed by atoms with van der Waals surface area (Å²) in [5.74, 6) is -0.0601. The summed E-state index contributed by atoms with van der Waals surface area (Å²) in [6.07, 6.45) is 10.8. The Hall–Kier alpha value is -5.95. The molecule has 2 aromatic heterocycles. The number of piperidine rings is 1. The second-order valence-corrected chi connectivity index (χ2v) is 23.2. The minimum Gasteiger partial charge on any atom is -0.489 e. The van der Waals surface area contributed by atoms with E-state index in [-0.39, 0.29) is 71.1 Å². The van der Waals surface area contributed by atoms with Gasteiger partial charge in [-0.15, -0.1) is 0 Å². The number of nitro benzene ring substituents is 1. The number of nitro groups is 1. The van der Waals surface area contributed by atoms with Crippen molar-refractivity contribution in [2.45, 2.75) is 133 Å². The molecule has 384 valence electrons. The number of likely N-dealkylation sites (tertiary alicyclic amines) is 1. The Morgan fingerprint density at radius 3 is 2.50 bits per heavy atom. The number of methoxy groups -OCH3 is 1. The zero-order valence-corrected chi connectivity index (χ0v) is 42.6. The van der Waals surface area contributed by atoms with Crippen molar-refractivity contribution in [2.24, 2.45) is 11.3 Å². The Morgan fingerprint density at radius 2 is 1.76 bits per heavy atom. The van der Waals surface area contributed by atoms with Crippen LogP contribution in [0.1, 0.15) is 125 Å². The molecule has 5 heterocycles. The first-order valence-corrected chi connectivity index (χ1v) is 27.0. The number of anilines is 2. The van der Waals surface area contributed by atoms with Crippen LogP contribution in [0.2, 0.25) is 0 Å². The van der Waals surface area contributed by atoms with Gasteiger partial charge in [0.2, 0.25) is 0 Å². The fourth-order valence-electron chi connectivity index (χ4n) is 11.9. The number of pyridine rings is 1. The number of ether oxygens (including phenoxy) is 4. The maximum atomic E-state index is 14.4. The van der Waals surface area contributed by atoms with Crippen LogP contribution in [0.25, 0.3) is 11.0 Å². The van der Waals surface area contributed by atoms with Crippen LogP contribution in [0, 0.1) is 21.4 Å². The zero-order chi connectivity index (χ0) is 50.5. The van der Waals surface area contributed by atoms with Crippen LogP contribution >= 0.6 is 0 Å². The van der Waals surface area contributed by atoms with Crippen LogP contribution in [0.15, 0.2) is 77.8 Å². The minimum atomic E-state index is -4.72. The van der Waals surface area contributed by atoms with E-state index in [9.17, 15) is 28.4 Å². The third kappa shape index (κ3) is 10.1. The molecule has 17 nitrogen and oxygen atoms in total. The molecule has 0 bridgehead atoms. The van der Waals surface area contributed by atoms with Gasteiger partial charge in [0.1, 0.15) is 24.6 Å². The van der Waals surface area contributed by atoms with E-state index in [0.717, 1.165) is 49.6 Å². The van der Waals surface area contributed by atoms with Gasteiger partial charge in [-0.1, -0.05) is 38.1 Å². The number of benzene rings is 3. The lowest BCUT2D eigenvalue weighted by Crippen LogP contribution is -2.54. The number of aromatic amines is 1. The van der Waals surface area contributed by atoms with E-state index in [2.05, 4.69) is 67.9 Å². The number of aliphatic hydroxyl groups is 1. The van der Waals surface area contributed by atoms with Gasteiger partial charge in [-0.2, -0.15) is 4.98 Å². The number of amides is 1. The molecule has 2 saturated carbocycles. The van der Waals surface area contributed by atoms with Crippen molar-refractivity contribution >= 4 is 44.0 Å². The third-order valence-electron chi connectivity index (χ3n) is 16.2. The van der Waals surface area contributed by atoms with E-state index in [4.69, 9.17) is 18.9 Å². The first kappa shape index (κ1) is 49.6. The Bertz CT molecular complexity index is 2930. The molecule has 5 aliphatic rings. The van der Waals surface area contributed by atoms with Gasteiger partial charge in [-0.05, 0) is 137 Å². The number of hydrogen-bond donors (Lipinski definition) is 4. The molecule has 2 aliphatic carbocycles.